The number of hydrogen-bond acceptors (Lipinski definition) is 5. The number of aryl methyl sites for hydroxylation is 1. The van der Waals surface area contributed by atoms with Gasteiger partial charge in [-0.25, -0.2) is 4.79 Å². The van der Waals surface area contributed by atoms with E-state index < -0.39 is 11.9 Å². The molecular weight excluding hydrogens is 553 g/mol. The van der Waals surface area contributed by atoms with Gasteiger partial charge in [-0.05, 0) is 59.7 Å². The van der Waals surface area contributed by atoms with Gasteiger partial charge in [-0.2, -0.15) is 0 Å². The van der Waals surface area contributed by atoms with Gasteiger partial charge in [-0.3, -0.25) is 4.79 Å². The van der Waals surface area contributed by atoms with Crippen molar-refractivity contribution in [2.75, 3.05) is 7.11 Å². The van der Waals surface area contributed by atoms with Crippen molar-refractivity contribution in [3.05, 3.63) is 115 Å². The van der Waals surface area contributed by atoms with Gasteiger partial charge in [-0.1, -0.05) is 60.2 Å². The van der Waals surface area contributed by atoms with Crippen LogP contribution in [0.2, 0.25) is 0 Å². The number of carbonyl (C=O) groups excluding carboxylic acids is 2. The Morgan fingerprint density at radius 3 is 2.49 bits per heavy atom. The van der Waals surface area contributed by atoms with Crippen LogP contribution >= 0.6 is 22.6 Å². The summed E-state index contributed by atoms with van der Waals surface area (Å²) in [6.45, 7) is 4.36. The Labute approximate surface area is 218 Å². The van der Waals surface area contributed by atoms with Gasteiger partial charge >= 0.3 is 5.97 Å². The van der Waals surface area contributed by atoms with Crippen LogP contribution in [-0.2, 0) is 16.1 Å². The molecule has 1 aliphatic carbocycles. The number of hydrogen-bond donors (Lipinski definition) is 1. The van der Waals surface area contributed by atoms with Gasteiger partial charge in [0.25, 0.3) is 0 Å². The van der Waals surface area contributed by atoms with E-state index >= 15 is 0 Å². The number of nitrogens with one attached hydrogen (secondary N) is 1. The standard InChI is InChI=1S/C29H24INO4/c1-16-7-6-8-18(13-16)15-35-23-12-11-19(14-22(23)30)25-24(29(33)34-3)17(2)31-27-20-9-4-5-10-21(20)28(32)26(25)27/h4-14,25,31H,15H2,1-3H3/t25-/m0/s1. The predicted molar refractivity (Wildman–Crippen MR) is 143 cm³/mol. The van der Waals surface area contributed by atoms with Gasteiger partial charge in [0.1, 0.15) is 12.4 Å². The largest absolute Gasteiger partial charge is 0.488 e. The minimum absolute atomic E-state index is 0.0724. The summed E-state index contributed by atoms with van der Waals surface area (Å²) in [4.78, 5) is 26.4. The summed E-state index contributed by atoms with van der Waals surface area (Å²) in [5.41, 5.74) is 7.07. The zero-order valence-electron chi connectivity index (χ0n) is 19.6. The molecule has 5 rings (SSSR count). The van der Waals surface area contributed by atoms with Gasteiger partial charge < -0.3 is 14.8 Å². The smallest absolute Gasteiger partial charge is 0.336 e. The van der Waals surface area contributed by atoms with Crippen LogP contribution < -0.4 is 10.1 Å². The molecule has 5 nitrogen and oxygen atoms in total. The number of fused-ring (bicyclic) bond motifs is 2. The molecule has 2 aliphatic rings. The molecule has 0 saturated heterocycles. The SMILES string of the molecule is COC(=O)C1=C(C)NC2=C(C(=O)c3ccccc32)[C@H]1c1ccc(OCc2cccc(C)c2)c(I)c1. The van der Waals surface area contributed by atoms with Crippen LogP contribution in [0.3, 0.4) is 0 Å². The van der Waals surface area contributed by atoms with Crippen molar-refractivity contribution >= 4 is 40.0 Å². The quantitative estimate of drug-likeness (QED) is 0.302. The van der Waals surface area contributed by atoms with E-state index in [2.05, 4.69) is 47.0 Å². The van der Waals surface area contributed by atoms with Crippen LogP contribution in [0.1, 0.15) is 45.5 Å². The Morgan fingerprint density at radius 1 is 1.00 bits per heavy atom. The normalized spacial score (nSPS) is 16.6. The van der Waals surface area contributed by atoms with E-state index in [9.17, 15) is 9.59 Å². The summed E-state index contributed by atoms with van der Waals surface area (Å²) >= 11 is 2.24. The van der Waals surface area contributed by atoms with Crippen LogP contribution in [0.25, 0.3) is 5.70 Å². The van der Waals surface area contributed by atoms with E-state index in [1.165, 1.54) is 12.7 Å². The van der Waals surface area contributed by atoms with Crippen molar-refractivity contribution in [2.45, 2.75) is 26.4 Å². The lowest BCUT2D eigenvalue weighted by Crippen LogP contribution is -2.29. The van der Waals surface area contributed by atoms with Crippen molar-refractivity contribution in [1.82, 2.24) is 5.32 Å². The van der Waals surface area contributed by atoms with E-state index in [0.29, 0.717) is 29.0 Å². The number of Topliss-reactive ketones (excluding diaryl/α,β-unsaturated/α-hetero) is 1. The first-order chi connectivity index (χ1) is 16.9. The van der Waals surface area contributed by atoms with Crippen LogP contribution in [0, 0.1) is 10.5 Å². The third-order valence-corrected chi connectivity index (χ3v) is 7.26. The van der Waals surface area contributed by atoms with E-state index in [1.807, 2.05) is 61.5 Å². The molecule has 1 aliphatic heterocycles. The van der Waals surface area contributed by atoms with Gasteiger partial charge in [0.15, 0.2) is 5.78 Å². The molecule has 3 aromatic rings. The highest BCUT2D eigenvalue weighted by Crippen LogP contribution is 2.47. The first kappa shape index (κ1) is 23.4. The number of methoxy groups -OCH3 is 1. The summed E-state index contributed by atoms with van der Waals surface area (Å²) < 4.78 is 12.1. The monoisotopic (exact) mass is 577 g/mol. The summed E-state index contributed by atoms with van der Waals surface area (Å²) in [5, 5.41) is 3.31. The minimum atomic E-state index is -0.544. The number of ether oxygens (including phenoxy) is 2. The van der Waals surface area contributed by atoms with Crippen molar-refractivity contribution in [1.29, 1.82) is 0 Å². The molecular formula is C29H24INO4. The number of ketones is 1. The number of rotatable bonds is 5. The predicted octanol–water partition coefficient (Wildman–Crippen LogP) is 5.92. The molecule has 0 fully saturated rings. The highest BCUT2D eigenvalue weighted by atomic mass is 127. The lowest BCUT2D eigenvalue weighted by atomic mass is 9.80. The molecule has 3 aromatic carbocycles. The summed E-state index contributed by atoms with van der Waals surface area (Å²) in [5.74, 6) is -0.319. The summed E-state index contributed by atoms with van der Waals surface area (Å²) in [6.07, 6.45) is 0. The fourth-order valence-corrected chi connectivity index (χ4v) is 5.51. The lowest BCUT2D eigenvalue weighted by molar-refractivity contribution is -0.136. The number of esters is 1. The number of halogens is 1. The molecule has 35 heavy (non-hydrogen) atoms. The van der Waals surface area contributed by atoms with Crippen LogP contribution in [-0.4, -0.2) is 18.9 Å². The first-order valence-corrected chi connectivity index (χ1v) is 12.4. The molecule has 1 atom stereocenters. The van der Waals surface area contributed by atoms with Crippen molar-refractivity contribution in [3.63, 3.8) is 0 Å². The fraction of sp³-hybridized carbons (Fsp3) is 0.172. The fourth-order valence-electron chi connectivity index (χ4n) is 4.82. The minimum Gasteiger partial charge on any atom is -0.488 e. The third kappa shape index (κ3) is 4.16. The number of benzene rings is 3. The topological polar surface area (TPSA) is 64.6 Å². The lowest BCUT2D eigenvalue weighted by Gasteiger charge is -2.29. The van der Waals surface area contributed by atoms with Gasteiger partial charge in [0.05, 0.1) is 22.0 Å². The molecule has 0 unspecified atom stereocenters. The van der Waals surface area contributed by atoms with E-state index in [0.717, 1.165) is 31.7 Å². The zero-order valence-corrected chi connectivity index (χ0v) is 21.8. The Kier molecular flexibility index (Phi) is 6.23. The second-order valence-electron chi connectivity index (χ2n) is 8.72. The molecule has 0 radical (unpaired) electrons. The molecule has 0 bridgehead atoms. The maximum atomic E-state index is 13.5. The molecule has 6 heteroatoms. The summed E-state index contributed by atoms with van der Waals surface area (Å²) in [7, 11) is 1.36. The molecule has 176 valence electrons. The number of allylic oxidation sites excluding steroid dienone is 2. The van der Waals surface area contributed by atoms with Crippen LogP contribution in [0.15, 0.2) is 83.6 Å². The van der Waals surface area contributed by atoms with Crippen molar-refractivity contribution < 1.29 is 19.1 Å². The van der Waals surface area contributed by atoms with Crippen LogP contribution in [0.4, 0.5) is 0 Å². The van der Waals surface area contributed by atoms with Gasteiger partial charge in [0, 0.05) is 28.3 Å². The number of dihydropyridines is 1. The van der Waals surface area contributed by atoms with E-state index in [1.54, 1.807) is 0 Å². The Bertz CT molecular complexity index is 1440. The molecule has 1 heterocycles. The molecule has 1 N–H and O–H groups in total. The van der Waals surface area contributed by atoms with Gasteiger partial charge in [-0.15, -0.1) is 0 Å². The molecule has 0 aromatic heterocycles. The number of carbonyl (C=O) groups is 2. The van der Waals surface area contributed by atoms with Gasteiger partial charge in [0.2, 0.25) is 0 Å². The van der Waals surface area contributed by atoms with Crippen molar-refractivity contribution in [2.24, 2.45) is 0 Å². The maximum absolute atomic E-state index is 13.5. The van der Waals surface area contributed by atoms with Crippen molar-refractivity contribution in [3.8, 4) is 5.75 Å². The highest BCUT2D eigenvalue weighted by Gasteiger charge is 2.42. The summed E-state index contributed by atoms with van der Waals surface area (Å²) in [6, 6.07) is 21.6. The Balaban J connectivity index is 1.54. The van der Waals surface area contributed by atoms with E-state index in [4.69, 9.17) is 9.47 Å². The average molecular weight is 577 g/mol. The zero-order chi connectivity index (χ0) is 24.7. The first-order valence-electron chi connectivity index (χ1n) is 11.3. The van der Waals surface area contributed by atoms with E-state index in [-0.39, 0.29) is 5.78 Å². The second-order valence-corrected chi connectivity index (χ2v) is 9.88. The second kappa shape index (κ2) is 9.34. The molecule has 0 spiro atoms. The Hall–Kier alpha value is -3.39. The third-order valence-electron chi connectivity index (χ3n) is 6.42. The van der Waals surface area contributed by atoms with Crippen LogP contribution in [0.5, 0.6) is 5.75 Å². The highest BCUT2D eigenvalue weighted by molar-refractivity contribution is 14.1. The maximum Gasteiger partial charge on any atom is 0.336 e. The Morgan fingerprint density at radius 2 is 1.77 bits per heavy atom. The molecule has 0 saturated carbocycles. The molecule has 0 amide bonds. The average Bonchev–Trinajstić information content (AvgIpc) is 3.13.